The molecule has 0 saturated carbocycles. The van der Waals surface area contributed by atoms with Gasteiger partial charge >= 0.3 is 0 Å². The molecule has 0 fully saturated rings. The molecule has 0 aromatic heterocycles. The fourth-order valence-corrected chi connectivity index (χ4v) is 2.66. The topological polar surface area (TPSA) is 33.6 Å². The minimum Gasteiger partial charge on any atom is -0.488 e. The van der Waals surface area contributed by atoms with Gasteiger partial charge in [-0.3, -0.25) is 5.43 Å². The van der Waals surface area contributed by atoms with Crippen molar-refractivity contribution in [2.24, 2.45) is 5.10 Å². The van der Waals surface area contributed by atoms with E-state index in [0.717, 1.165) is 5.69 Å². The van der Waals surface area contributed by atoms with E-state index in [0.29, 0.717) is 26.9 Å². The van der Waals surface area contributed by atoms with Gasteiger partial charge in [-0.2, -0.15) is 5.10 Å². The number of hydrazone groups is 1. The van der Waals surface area contributed by atoms with Crippen molar-refractivity contribution in [3.05, 3.63) is 93.7 Å². The van der Waals surface area contributed by atoms with Gasteiger partial charge in [-0.1, -0.05) is 47.5 Å². The molecule has 3 rings (SSSR count). The van der Waals surface area contributed by atoms with Crippen LogP contribution in [-0.2, 0) is 6.61 Å². The van der Waals surface area contributed by atoms with E-state index in [4.69, 9.17) is 27.9 Å². The first-order chi connectivity index (χ1) is 12.6. The third-order valence-electron chi connectivity index (χ3n) is 3.58. The molecule has 0 amide bonds. The van der Waals surface area contributed by atoms with E-state index in [9.17, 15) is 4.39 Å². The number of nitrogens with one attached hydrogen (secondary N) is 1. The zero-order valence-electron chi connectivity index (χ0n) is 13.6. The van der Waals surface area contributed by atoms with Gasteiger partial charge in [-0.15, -0.1) is 0 Å². The minimum absolute atomic E-state index is 0.0000921. The number of halogens is 3. The lowest BCUT2D eigenvalue weighted by molar-refractivity contribution is 0.299. The van der Waals surface area contributed by atoms with Crippen molar-refractivity contribution in [1.82, 2.24) is 0 Å². The second-order valence-corrected chi connectivity index (χ2v) is 6.25. The van der Waals surface area contributed by atoms with Crippen LogP contribution in [0.25, 0.3) is 0 Å². The summed E-state index contributed by atoms with van der Waals surface area (Å²) in [6.07, 6.45) is 1.59. The van der Waals surface area contributed by atoms with Crippen LogP contribution in [0.4, 0.5) is 10.1 Å². The predicted octanol–water partition coefficient (Wildman–Crippen LogP) is 6.16. The highest BCUT2D eigenvalue weighted by atomic mass is 35.5. The van der Waals surface area contributed by atoms with Crippen LogP contribution in [0.15, 0.2) is 71.8 Å². The molecule has 0 spiro atoms. The molecule has 0 radical (unpaired) electrons. The largest absolute Gasteiger partial charge is 0.488 e. The summed E-state index contributed by atoms with van der Waals surface area (Å²) in [5.74, 6) is 0.111. The average Bonchev–Trinajstić information content (AvgIpc) is 2.64. The smallest absolute Gasteiger partial charge is 0.131 e. The molecule has 1 N–H and O–H groups in total. The van der Waals surface area contributed by atoms with Gasteiger partial charge in [0.15, 0.2) is 0 Å². The Bertz CT molecular complexity index is 897. The van der Waals surface area contributed by atoms with E-state index in [2.05, 4.69) is 10.5 Å². The number of ether oxygens (including phenoxy) is 1. The van der Waals surface area contributed by atoms with Crippen LogP contribution < -0.4 is 10.2 Å². The average molecular weight is 389 g/mol. The molecular formula is C20H15Cl2FN2O. The monoisotopic (exact) mass is 388 g/mol. The number of rotatable bonds is 6. The maximum Gasteiger partial charge on any atom is 0.131 e. The molecule has 0 aliphatic heterocycles. The Morgan fingerprint density at radius 3 is 2.58 bits per heavy atom. The van der Waals surface area contributed by atoms with Gasteiger partial charge < -0.3 is 4.74 Å². The van der Waals surface area contributed by atoms with Crippen molar-refractivity contribution in [3.63, 3.8) is 0 Å². The van der Waals surface area contributed by atoms with Gasteiger partial charge in [0.1, 0.15) is 18.2 Å². The van der Waals surface area contributed by atoms with Crippen molar-refractivity contribution in [3.8, 4) is 5.75 Å². The Labute approximate surface area is 161 Å². The normalized spacial score (nSPS) is 10.9. The maximum atomic E-state index is 13.9. The summed E-state index contributed by atoms with van der Waals surface area (Å²) in [5.41, 5.74) is 4.74. The summed E-state index contributed by atoms with van der Waals surface area (Å²) in [6.45, 7) is 0.0000921. The van der Waals surface area contributed by atoms with Crippen LogP contribution in [0, 0.1) is 5.82 Å². The van der Waals surface area contributed by atoms with E-state index in [1.807, 2.05) is 30.3 Å². The van der Waals surface area contributed by atoms with Crippen molar-refractivity contribution < 1.29 is 9.13 Å². The van der Waals surface area contributed by atoms with Crippen molar-refractivity contribution in [2.75, 3.05) is 5.43 Å². The third-order valence-corrected chi connectivity index (χ3v) is 4.17. The van der Waals surface area contributed by atoms with Crippen LogP contribution in [0.3, 0.4) is 0 Å². The highest BCUT2D eigenvalue weighted by Crippen LogP contribution is 2.25. The molecule has 6 heteroatoms. The Morgan fingerprint density at radius 2 is 1.81 bits per heavy atom. The summed E-state index contributed by atoms with van der Waals surface area (Å²) in [6, 6.07) is 19.2. The fraction of sp³-hybridized carbons (Fsp3) is 0.0500. The summed E-state index contributed by atoms with van der Waals surface area (Å²) in [4.78, 5) is 0. The van der Waals surface area contributed by atoms with Gasteiger partial charge in [0, 0.05) is 16.1 Å². The highest BCUT2D eigenvalue weighted by molar-refractivity contribution is 6.31. The van der Waals surface area contributed by atoms with Gasteiger partial charge in [0.25, 0.3) is 0 Å². The number of para-hydroxylation sites is 1. The first-order valence-corrected chi connectivity index (χ1v) is 8.58. The van der Waals surface area contributed by atoms with E-state index in [1.54, 1.807) is 36.5 Å². The van der Waals surface area contributed by atoms with Crippen LogP contribution >= 0.6 is 23.2 Å². The summed E-state index contributed by atoms with van der Waals surface area (Å²) >= 11 is 12.1. The highest BCUT2D eigenvalue weighted by Gasteiger charge is 2.09. The van der Waals surface area contributed by atoms with Crippen LogP contribution in [-0.4, -0.2) is 6.21 Å². The standard InChI is InChI=1S/C20H15Cl2FN2O/c21-15-9-10-20(26-13-17-18(22)7-4-8-19(17)23)14(11-15)12-24-25-16-5-2-1-3-6-16/h1-12,25H,13H2. The van der Waals surface area contributed by atoms with Crippen molar-refractivity contribution >= 4 is 35.1 Å². The minimum atomic E-state index is -0.410. The summed E-state index contributed by atoms with van der Waals surface area (Å²) < 4.78 is 19.6. The molecule has 3 aromatic rings. The number of benzene rings is 3. The van der Waals surface area contributed by atoms with Crippen LogP contribution in [0.2, 0.25) is 10.0 Å². The molecule has 0 saturated heterocycles. The van der Waals surface area contributed by atoms with E-state index in [1.165, 1.54) is 6.07 Å². The van der Waals surface area contributed by atoms with Crippen LogP contribution in [0.5, 0.6) is 5.75 Å². The molecule has 0 bridgehead atoms. The zero-order chi connectivity index (χ0) is 18.4. The number of anilines is 1. The molecule has 132 valence electrons. The Morgan fingerprint density at radius 1 is 1.00 bits per heavy atom. The van der Waals surface area contributed by atoms with Crippen molar-refractivity contribution in [1.29, 1.82) is 0 Å². The van der Waals surface area contributed by atoms with Crippen LogP contribution in [0.1, 0.15) is 11.1 Å². The SMILES string of the molecule is Fc1cccc(Cl)c1COc1ccc(Cl)cc1C=NNc1ccccc1. The number of hydrogen-bond donors (Lipinski definition) is 1. The molecule has 0 atom stereocenters. The number of nitrogens with zero attached hydrogens (tertiary/aromatic N) is 1. The molecular weight excluding hydrogens is 374 g/mol. The molecule has 0 aliphatic rings. The second-order valence-electron chi connectivity index (χ2n) is 5.41. The Kier molecular flexibility index (Phi) is 6.10. The summed E-state index contributed by atoms with van der Waals surface area (Å²) in [7, 11) is 0. The van der Waals surface area contributed by atoms with Gasteiger partial charge in [0.05, 0.1) is 16.9 Å². The Hall–Kier alpha value is -2.56. The van der Waals surface area contributed by atoms with E-state index < -0.39 is 5.82 Å². The fourth-order valence-electron chi connectivity index (χ4n) is 2.26. The lowest BCUT2D eigenvalue weighted by atomic mass is 10.2. The molecule has 26 heavy (non-hydrogen) atoms. The first-order valence-electron chi connectivity index (χ1n) is 7.83. The maximum absolute atomic E-state index is 13.9. The quantitative estimate of drug-likeness (QED) is 0.405. The van der Waals surface area contributed by atoms with E-state index >= 15 is 0 Å². The molecule has 3 nitrogen and oxygen atoms in total. The van der Waals surface area contributed by atoms with Crippen molar-refractivity contribution in [2.45, 2.75) is 6.61 Å². The zero-order valence-corrected chi connectivity index (χ0v) is 15.1. The lowest BCUT2D eigenvalue weighted by Gasteiger charge is -2.11. The molecule has 3 aromatic carbocycles. The lowest BCUT2D eigenvalue weighted by Crippen LogP contribution is -2.02. The van der Waals surface area contributed by atoms with Gasteiger partial charge in [-0.05, 0) is 42.5 Å². The molecule has 0 unspecified atom stereocenters. The number of hydrogen-bond acceptors (Lipinski definition) is 3. The Balaban J connectivity index is 1.75. The molecule has 0 aliphatic carbocycles. The first kappa shape index (κ1) is 18.2. The second kappa shape index (κ2) is 8.70. The molecule has 0 heterocycles. The third kappa shape index (κ3) is 4.75. The predicted molar refractivity (Wildman–Crippen MR) is 105 cm³/mol. The van der Waals surface area contributed by atoms with Gasteiger partial charge in [-0.25, -0.2) is 4.39 Å². The van der Waals surface area contributed by atoms with E-state index in [-0.39, 0.29) is 6.61 Å². The summed E-state index contributed by atoms with van der Waals surface area (Å²) in [5, 5.41) is 5.05. The van der Waals surface area contributed by atoms with Gasteiger partial charge in [0.2, 0.25) is 0 Å².